The fourth-order valence-corrected chi connectivity index (χ4v) is 7.29. The molecular weight excluding hydrogens is 483 g/mol. The maximum absolute atomic E-state index is 13.4. The third-order valence-electron chi connectivity index (χ3n) is 4.97. The number of thioether (sulfide) groups is 1. The number of hydrogen-bond acceptors (Lipinski definition) is 7. The number of Topliss-reactive ketones (excluding diaryl/α,β-unsaturated/α-hetero) is 1. The van der Waals surface area contributed by atoms with E-state index in [1.165, 1.54) is 16.6 Å². The van der Waals surface area contributed by atoms with Crippen LogP contribution in [0, 0.1) is 0 Å². The van der Waals surface area contributed by atoms with Gasteiger partial charge in [-0.15, -0.1) is 22.7 Å². The zero-order chi connectivity index (χ0) is 20.8. The Labute approximate surface area is 193 Å². The Kier molecular flexibility index (Phi) is 5.53. The molecule has 1 aliphatic rings. The molecule has 5 nitrogen and oxygen atoms in total. The molecule has 0 bridgehead atoms. The fraction of sp³-hybridized carbons (Fsp3) is 0.250. The van der Waals surface area contributed by atoms with E-state index in [2.05, 4.69) is 0 Å². The predicted molar refractivity (Wildman–Crippen MR) is 123 cm³/mol. The van der Waals surface area contributed by atoms with Crippen molar-refractivity contribution in [3.05, 3.63) is 65.3 Å². The summed E-state index contributed by atoms with van der Waals surface area (Å²) in [5.74, 6) is 0.611. The summed E-state index contributed by atoms with van der Waals surface area (Å²) in [6.07, 6.45) is 4.55. The van der Waals surface area contributed by atoms with Gasteiger partial charge in [0.05, 0.1) is 28.3 Å². The number of furan rings is 1. The number of halogens is 2. The molecule has 0 atom stereocenters. The van der Waals surface area contributed by atoms with Crippen molar-refractivity contribution >= 4 is 73.6 Å². The Morgan fingerprint density at radius 1 is 1.30 bits per heavy atom. The first-order valence-electron chi connectivity index (χ1n) is 9.19. The zero-order valence-electron chi connectivity index (χ0n) is 15.4. The predicted octanol–water partition coefficient (Wildman–Crippen LogP) is 5.93. The average molecular weight is 497 g/mol. The van der Waals surface area contributed by atoms with Crippen molar-refractivity contribution in [1.29, 1.82) is 0 Å². The molecule has 0 fully saturated rings. The summed E-state index contributed by atoms with van der Waals surface area (Å²) in [5, 5.41) is 1.21. The van der Waals surface area contributed by atoms with Crippen LogP contribution < -0.4 is 5.56 Å². The van der Waals surface area contributed by atoms with E-state index in [1.54, 1.807) is 34.3 Å². The van der Waals surface area contributed by atoms with Gasteiger partial charge in [-0.3, -0.25) is 14.2 Å². The zero-order valence-corrected chi connectivity index (χ0v) is 19.4. The number of carbonyl (C=O) groups is 1. The Morgan fingerprint density at radius 3 is 2.90 bits per heavy atom. The smallest absolute Gasteiger partial charge is 0.263 e. The van der Waals surface area contributed by atoms with Crippen LogP contribution in [0.25, 0.3) is 10.2 Å². The lowest BCUT2D eigenvalue weighted by Crippen LogP contribution is -2.24. The Hall–Kier alpha value is -1.58. The van der Waals surface area contributed by atoms with Gasteiger partial charge in [-0.05, 0) is 43.0 Å². The van der Waals surface area contributed by atoms with E-state index in [-0.39, 0.29) is 23.6 Å². The first-order chi connectivity index (χ1) is 14.5. The van der Waals surface area contributed by atoms with E-state index in [1.807, 2.05) is 6.07 Å². The minimum atomic E-state index is -0.152. The highest BCUT2D eigenvalue weighted by Gasteiger charge is 2.24. The maximum Gasteiger partial charge on any atom is 0.263 e. The van der Waals surface area contributed by atoms with E-state index in [9.17, 15) is 9.59 Å². The summed E-state index contributed by atoms with van der Waals surface area (Å²) < 4.78 is 7.90. The Balaban J connectivity index is 1.53. The molecule has 0 amide bonds. The van der Waals surface area contributed by atoms with Gasteiger partial charge in [0.2, 0.25) is 0 Å². The molecule has 5 rings (SSSR count). The number of nitrogens with zero attached hydrogens (tertiary/aromatic N) is 2. The number of carbonyl (C=O) groups excluding carboxylic acids is 1. The molecule has 0 spiro atoms. The van der Waals surface area contributed by atoms with Crippen LogP contribution in [-0.4, -0.2) is 21.1 Å². The maximum atomic E-state index is 13.4. The number of thiophene rings is 2. The summed E-state index contributed by atoms with van der Waals surface area (Å²) in [6, 6.07) is 5.18. The highest BCUT2D eigenvalue weighted by Crippen LogP contribution is 2.36. The minimum absolute atomic E-state index is 0.0811. The van der Waals surface area contributed by atoms with Gasteiger partial charge in [-0.25, -0.2) is 4.98 Å². The van der Waals surface area contributed by atoms with Gasteiger partial charge in [-0.2, -0.15) is 0 Å². The molecule has 0 radical (unpaired) electrons. The summed E-state index contributed by atoms with van der Waals surface area (Å²) in [4.78, 5) is 32.8. The molecule has 10 heteroatoms. The number of fused-ring (bicyclic) bond motifs is 3. The second kappa shape index (κ2) is 8.16. The highest BCUT2D eigenvalue weighted by atomic mass is 35.5. The molecular formula is C20H14Cl2N2O3S3. The lowest BCUT2D eigenvalue weighted by molar-refractivity contribution is 0.102. The third kappa shape index (κ3) is 3.65. The van der Waals surface area contributed by atoms with E-state index < -0.39 is 0 Å². The van der Waals surface area contributed by atoms with Gasteiger partial charge in [0, 0.05) is 10.4 Å². The summed E-state index contributed by atoms with van der Waals surface area (Å²) in [5.41, 5.74) is 1.45. The average Bonchev–Trinajstić information content (AvgIpc) is 3.47. The standard InChI is InChI=1S/C20H14Cl2N2O3S3/c21-15-7-12(17(22)30-15)13(25)9-28-20-23-18-16(11-4-1-5-14(11)29-18)19(26)24(20)8-10-3-2-6-27-10/h2-3,6-7H,1,4-5,8-9H2. The van der Waals surface area contributed by atoms with Gasteiger partial charge < -0.3 is 4.42 Å². The van der Waals surface area contributed by atoms with E-state index in [0.29, 0.717) is 30.5 Å². The van der Waals surface area contributed by atoms with Crippen LogP contribution in [0.2, 0.25) is 8.67 Å². The van der Waals surface area contributed by atoms with Crippen LogP contribution >= 0.6 is 57.6 Å². The van der Waals surface area contributed by atoms with Crippen LogP contribution in [0.4, 0.5) is 0 Å². The van der Waals surface area contributed by atoms with Crippen molar-refractivity contribution in [2.75, 3.05) is 5.75 Å². The van der Waals surface area contributed by atoms with Crippen molar-refractivity contribution in [1.82, 2.24) is 9.55 Å². The van der Waals surface area contributed by atoms with Crippen molar-refractivity contribution < 1.29 is 9.21 Å². The van der Waals surface area contributed by atoms with E-state index in [0.717, 1.165) is 41.0 Å². The molecule has 0 N–H and O–H groups in total. The summed E-state index contributed by atoms with van der Waals surface area (Å²) in [6.45, 7) is 0.265. The summed E-state index contributed by atoms with van der Waals surface area (Å²) in [7, 11) is 0. The van der Waals surface area contributed by atoms with Gasteiger partial charge in [0.25, 0.3) is 5.56 Å². The number of ketones is 1. The number of rotatable bonds is 6. The third-order valence-corrected chi connectivity index (χ3v) is 8.62. The largest absolute Gasteiger partial charge is 0.467 e. The highest BCUT2D eigenvalue weighted by molar-refractivity contribution is 7.99. The molecule has 0 saturated heterocycles. The van der Waals surface area contributed by atoms with Crippen molar-refractivity contribution in [2.45, 2.75) is 31.0 Å². The molecule has 154 valence electrons. The van der Waals surface area contributed by atoms with Gasteiger partial charge >= 0.3 is 0 Å². The Morgan fingerprint density at radius 2 is 2.17 bits per heavy atom. The molecule has 0 unspecified atom stereocenters. The van der Waals surface area contributed by atoms with Crippen LogP contribution in [0.3, 0.4) is 0 Å². The van der Waals surface area contributed by atoms with Crippen molar-refractivity contribution in [3.8, 4) is 0 Å². The Bertz CT molecular complexity index is 1320. The second-order valence-corrected chi connectivity index (χ2v) is 11.2. The van der Waals surface area contributed by atoms with E-state index >= 15 is 0 Å². The van der Waals surface area contributed by atoms with Crippen molar-refractivity contribution in [2.24, 2.45) is 0 Å². The number of aromatic nitrogens is 2. The van der Waals surface area contributed by atoms with Gasteiger partial charge in [0.1, 0.15) is 14.9 Å². The van der Waals surface area contributed by atoms with Crippen LogP contribution in [0.1, 0.15) is 33.0 Å². The molecule has 4 aromatic heterocycles. The van der Waals surface area contributed by atoms with E-state index in [4.69, 9.17) is 32.6 Å². The molecule has 4 aromatic rings. The molecule has 30 heavy (non-hydrogen) atoms. The van der Waals surface area contributed by atoms with Gasteiger partial charge in [0.15, 0.2) is 10.9 Å². The molecule has 0 aliphatic heterocycles. The quantitative estimate of drug-likeness (QED) is 0.188. The fourth-order valence-electron chi connectivity index (χ4n) is 3.60. The van der Waals surface area contributed by atoms with Crippen molar-refractivity contribution in [3.63, 3.8) is 0 Å². The number of aryl methyl sites for hydroxylation is 2. The molecule has 1 aliphatic carbocycles. The lowest BCUT2D eigenvalue weighted by atomic mass is 10.2. The molecule has 4 heterocycles. The second-order valence-electron chi connectivity index (χ2n) is 6.85. The number of hydrogen-bond donors (Lipinski definition) is 0. The monoisotopic (exact) mass is 496 g/mol. The van der Waals surface area contributed by atoms with Crippen LogP contribution in [-0.2, 0) is 19.4 Å². The normalized spacial score (nSPS) is 13.3. The summed E-state index contributed by atoms with van der Waals surface area (Å²) >= 11 is 16.1. The topological polar surface area (TPSA) is 65.1 Å². The lowest BCUT2D eigenvalue weighted by Gasteiger charge is -2.11. The minimum Gasteiger partial charge on any atom is -0.467 e. The first-order valence-corrected chi connectivity index (χ1v) is 12.6. The molecule has 0 aromatic carbocycles. The van der Waals surface area contributed by atoms with Crippen LogP contribution in [0.15, 0.2) is 38.8 Å². The molecule has 0 saturated carbocycles. The SMILES string of the molecule is O=C(CSc1nc2sc3c(c2c(=O)n1Cc1ccco1)CCC3)c1cc(Cl)sc1Cl. The van der Waals surface area contributed by atoms with Crippen LogP contribution in [0.5, 0.6) is 0 Å². The van der Waals surface area contributed by atoms with Gasteiger partial charge in [-0.1, -0.05) is 35.0 Å². The first kappa shape index (κ1) is 20.3.